The lowest BCUT2D eigenvalue weighted by Gasteiger charge is -2.12. The molecule has 1 N–H and O–H groups in total. The summed E-state index contributed by atoms with van der Waals surface area (Å²) in [4.78, 5) is 24.7. The molecule has 0 saturated heterocycles. The first-order chi connectivity index (χ1) is 7.63. The highest BCUT2D eigenvalue weighted by Gasteiger charge is 2.11. The molecular formula is C11H11N3O2. The highest BCUT2D eigenvalue weighted by Crippen LogP contribution is 2.09. The Labute approximate surface area is 92.4 Å². The van der Waals surface area contributed by atoms with Crippen LogP contribution in [-0.2, 0) is 0 Å². The zero-order valence-electron chi connectivity index (χ0n) is 8.86. The summed E-state index contributed by atoms with van der Waals surface area (Å²) in [7, 11) is 0. The van der Waals surface area contributed by atoms with Gasteiger partial charge in [-0.3, -0.25) is 14.3 Å². The van der Waals surface area contributed by atoms with Gasteiger partial charge in [-0.15, -0.1) is 6.42 Å². The van der Waals surface area contributed by atoms with Crippen LogP contribution in [0, 0.1) is 23.7 Å². The molecule has 0 bridgehead atoms. The average molecular weight is 217 g/mol. The van der Waals surface area contributed by atoms with Gasteiger partial charge in [-0.25, -0.2) is 4.79 Å². The van der Waals surface area contributed by atoms with E-state index in [0.29, 0.717) is 6.42 Å². The molecule has 1 atom stereocenters. The van der Waals surface area contributed by atoms with E-state index in [1.807, 2.05) is 6.92 Å². The van der Waals surface area contributed by atoms with E-state index < -0.39 is 17.3 Å². The number of aromatic amines is 1. The lowest BCUT2D eigenvalue weighted by Crippen LogP contribution is -2.33. The second kappa shape index (κ2) is 4.99. The summed E-state index contributed by atoms with van der Waals surface area (Å²) in [6.45, 7) is 1.94. The number of hydrogen-bond donors (Lipinski definition) is 1. The van der Waals surface area contributed by atoms with Gasteiger partial charge in [-0.2, -0.15) is 5.26 Å². The maximum atomic E-state index is 11.5. The number of hydrogen-bond acceptors (Lipinski definition) is 3. The van der Waals surface area contributed by atoms with E-state index in [1.165, 1.54) is 10.8 Å². The van der Waals surface area contributed by atoms with Crippen LogP contribution in [0.1, 0.15) is 31.4 Å². The van der Waals surface area contributed by atoms with Crippen molar-refractivity contribution in [2.24, 2.45) is 0 Å². The topological polar surface area (TPSA) is 78.7 Å². The van der Waals surface area contributed by atoms with Gasteiger partial charge in [0.2, 0.25) is 0 Å². The summed E-state index contributed by atoms with van der Waals surface area (Å²) in [6, 6.07) is 1.28. The van der Waals surface area contributed by atoms with Crippen molar-refractivity contribution in [3.05, 3.63) is 32.6 Å². The van der Waals surface area contributed by atoms with E-state index in [9.17, 15) is 9.59 Å². The third-order valence-electron chi connectivity index (χ3n) is 2.18. The Morgan fingerprint density at radius 3 is 2.81 bits per heavy atom. The normalized spacial score (nSPS) is 11.4. The van der Waals surface area contributed by atoms with Crippen LogP contribution in [0.25, 0.3) is 0 Å². The fourth-order valence-electron chi connectivity index (χ4n) is 1.37. The highest BCUT2D eigenvalue weighted by atomic mass is 16.2. The second-order valence-electron chi connectivity index (χ2n) is 3.29. The highest BCUT2D eigenvalue weighted by molar-refractivity contribution is 5.22. The smallest absolute Gasteiger partial charge is 0.285 e. The van der Waals surface area contributed by atoms with Gasteiger partial charge in [0.1, 0.15) is 11.6 Å². The first-order valence-electron chi connectivity index (χ1n) is 4.85. The number of H-pyrrole nitrogens is 1. The summed E-state index contributed by atoms with van der Waals surface area (Å²) >= 11 is 0. The largest absolute Gasteiger partial charge is 0.329 e. The van der Waals surface area contributed by atoms with Crippen molar-refractivity contribution < 1.29 is 0 Å². The minimum absolute atomic E-state index is 0.115. The Kier molecular flexibility index (Phi) is 3.68. The minimum atomic E-state index is -0.684. The summed E-state index contributed by atoms with van der Waals surface area (Å²) in [5.41, 5.74) is -1.38. The van der Waals surface area contributed by atoms with Gasteiger partial charge in [0.25, 0.3) is 5.56 Å². The van der Waals surface area contributed by atoms with Gasteiger partial charge in [0.05, 0.1) is 6.04 Å². The molecular weight excluding hydrogens is 206 g/mol. The van der Waals surface area contributed by atoms with Crippen LogP contribution in [0.2, 0.25) is 0 Å². The molecule has 5 heteroatoms. The van der Waals surface area contributed by atoms with Crippen molar-refractivity contribution in [3.8, 4) is 18.4 Å². The van der Waals surface area contributed by atoms with Crippen LogP contribution in [0.3, 0.4) is 0 Å². The molecule has 16 heavy (non-hydrogen) atoms. The molecule has 0 spiro atoms. The van der Waals surface area contributed by atoms with E-state index in [0.717, 1.165) is 6.42 Å². The molecule has 0 radical (unpaired) electrons. The number of nitriles is 1. The molecule has 0 aromatic carbocycles. The predicted octanol–water partition coefficient (Wildman–Crippen LogP) is 0.383. The van der Waals surface area contributed by atoms with Crippen molar-refractivity contribution in [3.63, 3.8) is 0 Å². The molecule has 0 saturated carbocycles. The molecule has 1 aromatic heterocycles. The third kappa shape index (κ3) is 2.21. The molecule has 1 heterocycles. The zero-order valence-corrected chi connectivity index (χ0v) is 8.86. The van der Waals surface area contributed by atoms with Crippen LogP contribution >= 0.6 is 0 Å². The fraction of sp³-hybridized carbons (Fsp3) is 0.364. The predicted molar refractivity (Wildman–Crippen MR) is 58.8 cm³/mol. The molecule has 1 aromatic rings. The van der Waals surface area contributed by atoms with Gasteiger partial charge >= 0.3 is 5.69 Å². The number of rotatable bonds is 3. The molecule has 1 rings (SSSR count). The molecule has 0 fully saturated rings. The van der Waals surface area contributed by atoms with Gasteiger partial charge in [-0.05, 0) is 6.42 Å². The Morgan fingerprint density at radius 2 is 2.31 bits per heavy atom. The third-order valence-corrected chi connectivity index (χ3v) is 2.18. The Morgan fingerprint density at radius 1 is 1.62 bits per heavy atom. The number of nitrogens with one attached hydrogen (secondary N) is 1. The molecule has 0 amide bonds. The number of nitrogens with zero attached hydrogens (tertiary/aromatic N) is 2. The number of terminal acetylenes is 1. The van der Waals surface area contributed by atoms with E-state index in [-0.39, 0.29) is 5.56 Å². The Hall–Kier alpha value is -2.27. The quantitative estimate of drug-likeness (QED) is 0.743. The SMILES string of the molecule is C#CC(CCC)n1cc(C#N)c(=O)[nH]c1=O. The van der Waals surface area contributed by atoms with E-state index in [4.69, 9.17) is 11.7 Å². The first-order valence-corrected chi connectivity index (χ1v) is 4.85. The van der Waals surface area contributed by atoms with Gasteiger partial charge < -0.3 is 0 Å². The van der Waals surface area contributed by atoms with Crippen molar-refractivity contribution >= 4 is 0 Å². The van der Waals surface area contributed by atoms with Gasteiger partial charge in [0, 0.05) is 6.20 Å². The van der Waals surface area contributed by atoms with Crippen molar-refractivity contribution in [2.45, 2.75) is 25.8 Å². The summed E-state index contributed by atoms with van der Waals surface area (Å²) in [5, 5.41) is 8.68. The second-order valence-corrected chi connectivity index (χ2v) is 3.29. The standard InChI is InChI=1S/C11H11N3O2/c1-3-5-9(4-2)14-7-8(6-12)10(15)13-11(14)16/h2,7,9H,3,5H2,1H3,(H,13,15,16). The lowest BCUT2D eigenvalue weighted by molar-refractivity contribution is 0.536. The summed E-state index contributed by atoms with van der Waals surface area (Å²) in [5.74, 6) is 2.46. The lowest BCUT2D eigenvalue weighted by atomic mass is 10.2. The molecule has 5 nitrogen and oxygen atoms in total. The van der Waals surface area contributed by atoms with Crippen LogP contribution in [0.5, 0.6) is 0 Å². The zero-order chi connectivity index (χ0) is 12.1. The Balaban J connectivity index is 3.35. The van der Waals surface area contributed by atoms with E-state index in [2.05, 4.69) is 10.9 Å². The molecule has 0 aliphatic carbocycles. The minimum Gasteiger partial charge on any atom is -0.285 e. The molecule has 0 aliphatic rings. The molecule has 1 unspecified atom stereocenters. The van der Waals surface area contributed by atoms with Crippen molar-refractivity contribution in [1.29, 1.82) is 5.26 Å². The van der Waals surface area contributed by atoms with Crippen molar-refractivity contribution in [1.82, 2.24) is 9.55 Å². The maximum Gasteiger partial charge on any atom is 0.329 e. The van der Waals surface area contributed by atoms with Crippen LogP contribution in [0.15, 0.2) is 15.8 Å². The van der Waals surface area contributed by atoms with Crippen molar-refractivity contribution in [2.75, 3.05) is 0 Å². The fourth-order valence-corrected chi connectivity index (χ4v) is 1.37. The molecule has 82 valence electrons. The average Bonchev–Trinajstić information content (AvgIpc) is 2.27. The number of aromatic nitrogens is 2. The first kappa shape index (κ1) is 11.8. The molecule has 0 aliphatic heterocycles. The monoisotopic (exact) mass is 217 g/mol. The van der Waals surface area contributed by atoms with Gasteiger partial charge in [-0.1, -0.05) is 19.3 Å². The van der Waals surface area contributed by atoms with Gasteiger partial charge in [0.15, 0.2) is 0 Å². The van der Waals surface area contributed by atoms with Crippen LogP contribution < -0.4 is 11.2 Å². The Bertz CT molecular complexity index is 569. The van der Waals surface area contributed by atoms with Crippen LogP contribution in [0.4, 0.5) is 0 Å². The van der Waals surface area contributed by atoms with Crippen LogP contribution in [-0.4, -0.2) is 9.55 Å². The maximum absolute atomic E-state index is 11.5. The summed E-state index contributed by atoms with van der Waals surface area (Å²) < 4.78 is 1.21. The van der Waals surface area contributed by atoms with E-state index in [1.54, 1.807) is 6.07 Å². The summed E-state index contributed by atoms with van der Waals surface area (Å²) in [6.07, 6.45) is 7.94. The van der Waals surface area contributed by atoms with E-state index >= 15 is 0 Å².